The minimum atomic E-state index is -3.85. The zero-order valence-corrected chi connectivity index (χ0v) is 22.0. The Morgan fingerprint density at radius 1 is 1.03 bits per heavy atom. The maximum atomic E-state index is 13.6. The van der Waals surface area contributed by atoms with Crippen molar-refractivity contribution in [3.63, 3.8) is 0 Å². The number of pyridine rings is 1. The van der Waals surface area contributed by atoms with Crippen LogP contribution >= 0.6 is 0 Å². The van der Waals surface area contributed by atoms with Gasteiger partial charge in [-0.1, -0.05) is 55.7 Å². The average molecular weight is 534 g/mol. The van der Waals surface area contributed by atoms with Gasteiger partial charge in [0.25, 0.3) is 0 Å². The Balaban J connectivity index is 1.46. The smallest absolute Gasteiger partial charge is 0.342 e. The van der Waals surface area contributed by atoms with E-state index in [2.05, 4.69) is 15.4 Å². The first-order valence-corrected chi connectivity index (χ1v) is 14.2. The molecule has 2 aliphatic rings. The molecule has 1 aliphatic carbocycles. The molecule has 1 aromatic heterocycles. The van der Waals surface area contributed by atoms with Gasteiger partial charge < -0.3 is 10.4 Å². The molecular formula is C28H31N5O4S. The Kier molecular flexibility index (Phi) is 7.44. The van der Waals surface area contributed by atoms with Crippen LogP contribution in [0.5, 0.6) is 5.75 Å². The Hall–Kier alpha value is -3.76. The predicted molar refractivity (Wildman–Crippen MR) is 145 cm³/mol. The Morgan fingerprint density at radius 3 is 2.50 bits per heavy atom. The summed E-state index contributed by atoms with van der Waals surface area (Å²) in [4.78, 5) is 17.8. The lowest BCUT2D eigenvalue weighted by Gasteiger charge is -2.31. The van der Waals surface area contributed by atoms with Gasteiger partial charge in [-0.3, -0.25) is 4.98 Å². The molecule has 2 heterocycles. The highest BCUT2D eigenvalue weighted by atomic mass is 32.2. The van der Waals surface area contributed by atoms with Crippen molar-refractivity contribution in [2.45, 2.75) is 55.5 Å². The number of nitrogens with zero attached hydrogens (tertiary/aromatic N) is 4. The van der Waals surface area contributed by atoms with Gasteiger partial charge in [0.1, 0.15) is 10.6 Å². The van der Waals surface area contributed by atoms with Gasteiger partial charge >= 0.3 is 6.03 Å². The molecule has 3 aromatic rings. The van der Waals surface area contributed by atoms with Crippen molar-refractivity contribution in [3.05, 3.63) is 84.2 Å². The number of benzene rings is 2. The van der Waals surface area contributed by atoms with E-state index >= 15 is 0 Å². The van der Waals surface area contributed by atoms with Crippen molar-refractivity contribution in [1.29, 1.82) is 0 Å². The number of rotatable bonds is 6. The van der Waals surface area contributed by atoms with E-state index in [4.69, 9.17) is 0 Å². The van der Waals surface area contributed by atoms with Crippen molar-refractivity contribution >= 4 is 27.5 Å². The van der Waals surface area contributed by atoms with Gasteiger partial charge in [-0.05, 0) is 37.1 Å². The van der Waals surface area contributed by atoms with Crippen LogP contribution in [0.25, 0.3) is 0 Å². The lowest BCUT2D eigenvalue weighted by atomic mass is 9.96. The number of anilines is 1. The number of sulfonamides is 1. The monoisotopic (exact) mass is 533 g/mol. The maximum Gasteiger partial charge on any atom is 0.342 e. The van der Waals surface area contributed by atoms with E-state index in [1.807, 2.05) is 6.07 Å². The molecule has 1 fully saturated rings. The lowest BCUT2D eigenvalue weighted by molar-refractivity contribution is 0.199. The van der Waals surface area contributed by atoms with E-state index < -0.39 is 22.1 Å². The largest absolute Gasteiger partial charge is 0.508 e. The number of carbonyl (C=O) groups excluding carboxylic acids is 1. The van der Waals surface area contributed by atoms with Crippen LogP contribution in [0.1, 0.15) is 55.7 Å². The number of phenols is 1. The van der Waals surface area contributed by atoms with Crippen molar-refractivity contribution < 1.29 is 18.3 Å². The molecular weight excluding hydrogens is 502 g/mol. The number of para-hydroxylation sites is 2. The molecule has 10 heteroatoms. The first kappa shape index (κ1) is 25.9. The van der Waals surface area contributed by atoms with E-state index in [0.717, 1.165) is 37.7 Å². The van der Waals surface area contributed by atoms with Crippen LogP contribution in [0, 0.1) is 0 Å². The second-order valence-electron chi connectivity index (χ2n) is 9.65. The summed E-state index contributed by atoms with van der Waals surface area (Å²) in [7, 11) is -2.23. The standard InChI is InChI=1S/C28H31N5O4S/c1-32(21-11-3-2-4-12-21)38(36,37)27-16-8-6-14-23(27)30-28(35)33-25(22-13-5-7-15-26(22)34)18-24(31-33)20-10-9-17-29-19-20/h5-10,13-17,19,21,25,34H,2-4,11-12,18H2,1H3,(H,30,35). The highest BCUT2D eigenvalue weighted by Gasteiger charge is 2.36. The number of carbonyl (C=O) groups is 1. The van der Waals surface area contributed by atoms with Crippen molar-refractivity contribution in [1.82, 2.24) is 14.3 Å². The predicted octanol–water partition coefficient (Wildman–Crippen LogP) is 5.12. The van der Waals surface area contributed by atoms with Crippen LogP contribution in [0.3, 0.4) is 0 Å². The summed E-state index contributed by atoms with van der Waals surface area (Å²) in [5, 5.41) is 19.2. The van der Waals surface area contributed by atoms with Crippen molar-refractivity contribution in [2.24, 2.45) is 5.10 Å². The minimum Gasteiger partial charge on any atom is -0.508 e. The van der Waals surface area contributed by atoms with Crippen LogP contribution in [0.2, 0.25) is 0 Å². The number of urea groups is 1. The van der Waals surface area contributed by atoms with Gasteiger partial charge in [0, 0.05) is 43.0 Å². The van der Waals surface area contributed by atoms with Gasteiger partial charge in [-0.25, -0.2) is 18.2 Å². The molecule has 9 nitrogen and oxygen atoms in total. The summed E-state index contributed by atoms with van der Waals surface area (Å²) in [6.07, 6.45) is 8.47. The summed E-state index contributed by atoms with van der Waals surface area (Å²) in [5.41, 5.74) is 2.13. The number of phenolic OH excluding ortho intramolecular Hbond substituents is 1. The number of aromatic hydroxyl groups is 1. The molecule has 1 atom stereocenters. The zero-order valence-electron chi connectivity index (χ0n) is 21.2. The quantitative estimate of drug-likeness (QED) is 0.456. The Bertz CT molecular complexity index is 1440. The molecule has 2 aromatic carbocycles. The average Bonchev–Trinajstić information content (AvgIpc) is 3.39. The normalized spacial score (nSPS) is 18.4. The highest BCUT2D eigenvalue weighted by Crippen LogP contribution is 2.38. The fourth-order valence-corrected chi connectivity index (χ4v) is 6.74. The number of amides is 2. The fraction of sp³-hybridized carbons (Fsp3) is 0.321. The van der Waals surface area contributed by atoms with E-state index in [-0.39, 0.29) is 22.4 Å². The van der Waals surface area contributed by atoms with Crippen LogP contribution in [-0.4, -0.2) is 52.7 Å². The summed E-state index contributed by atoms with van der Waals surface area (Å²) in [6.45, 7) is 0. The number of nitrogens with one attached hydrogen (secondary N) is 1. The van der Waals surface area contributed by atoms with Crippen LogP contribution < -0.4 is 5.32 Å². The second-order valence-corrected chi connectivity index (χ2v) is 11.6. The third kappa shape index (κ3) is 5.14. The molecule has 1 aliphatic heterocycles. The lowest BCUT2D eigenvalue weighted by Crippen LogP contribution is -2.39. The number of hydrogen-bond acceptors (Lipinski definition) is 6. The molecule has 38 heavy (non-hydrogen) atoms. The first-order valence-electron chi connectivity index (χ1n) is 12.8. The second kappa shape index (κ2) is 10.9. The van der Waals surface area contributed by atoms with Crippen LogP contribution in [-0.2, 0) is 10.0 Å². The highest BCUT2D eigenvalue weighted by molar-refractivity contribution is 7.89. The van der Waals surface area contributed by atoms with Gasteiger partial charge in [0.15, 0.2) is 0 Å². The molecule has 2 N–H and O–H groups in total. The van der Waals surface area contributed by atoms with Gasteiger partial charge in [-0.2, -0.15) is 9.41 Å². The summed E-state index contributed by atoms with van der Waals surface area (Å²) in [5.74, 6) is 0.0509. The molecule has 5 rings (SSSR count). The van der Waals surface area contributed by atoms with Crippen molar-refractivity contribution in [3.8, 4) is 5.75 Å². The third-order valence-electron chi connectivity index (χ3n) is 7.28. The number of hydrazone groups is 1. The summed E-state index contributed by atoms with van der Waals surface area (Å²) < 4.78 is 28.7. The molecule has 1 saturated carbocycles. The van der Waals surface area contributed by atoms with Gasteiger partial charge in [0.2, 0.25) is 10.0 Å². The molecule has 0 radical (unpaired) electrons. The van der Waals surface area contributed by atoms with E-state index in [9.17, 15) is 18.3 Å². The van der Waals surface area contributed by atoms with Gasteiger partial charge in [0.05, 0.1) is 17.4 Å². The first-order chi connectivity index (χ1) is 18.4. The van der Waals surface area contributed by atoms with Crippen LogP contribution in [0.15, 0.2) is 83.1 Å². The maximum absolute atomic E-state index is 13.6. The van der Waals surface area contributed by atoms with E-state index in [0.29, 0.717) is 17.7 Å². The van der Waals surface area contributed by atoms with E-state index in [1.165, 1.54) is 15.4 Å². The Morgan fingerprint density at radius 2 is 1.76 bits per heavy atom. The number of hydrogen-bond donors (Lipinski definition) is 2. The molecule has 2 amide bonds. The third-order valence-corrected chi connectivity index (χ3v) is 9.25. The molecule has 0 spiro atoms. The van der Waals surface area contributed by atoms with E-state index in [1.54, 1.807) is 68.0 Å². The zero-order chi connectivity index (χ0) is 26.7. The Labute approximate surface area is 222 Å². The summed E-state index contributed by atoms with van der Waals surface area (Å²) >= 11 is 0. The number of aromatic nitrogens is 1. The molecule has 198 valence electrons. The molecule has 0 saturated heterocycles. The summed E-state index contributed by atoms with van der Waals surface area (Å²) in [6, 6.07) is 15.7. The van der Waals surface area contributed by atoms with Gasteiger partial charge in [-0.15, -0.1) is 0 Å². The van der Waals surface area contributed by atoms with Crippen LogP contribution in [0.4, 0.5) is 10.5 Å². The fourth-order valence-electron chi connectivity index (χ4n) is 5.18. The topological polar surface area (TPSA) is 115 Å². The molecule has 1 unspecified atom stereocenters. The molecule has 0 bridgehead atoms. The SMILES string of the molecule is CN(C1CCCCC1)S(=O)(=O)c1ccccc1NC(=O)N1N=C(c2cccnc2)CC1c1ccccc1O. The minimum absolute atomic E-state index is 0.0381. The van der Waals surface area contributed by atoms with Crippen molar-refractivity contribution in [2.75, 3.05) is 12.4 Å².